The first kappa shape index (κ1) is 13.4. The molecule has 0 amide bonds. The van der Waals surface area contributed by atoms with Gasteiger partial charge in [-0.2, -0.15) is 0 Å². The van der Waals surface area contributed by atoms with E-state index in [1.807, 2.05) is 0 Å². The van der Waals surface area contributed by atoms with Gasteiger partial charge in [0.2, 0.25) is 0 Å². The molecule has 4 heteroatoms. The van der Waals surface area contributed by atoms with E-state index in [1.54, 1.807) is 0 Å². The largest absolute Gasteiger partial charge is 0.481 e. The van der Waals surface area contributed by atoms with Gasteiger partial charge >= 0.3 is 5.97 Å². The van der Waals surface area contributed by atoms with Crippen molar-refractivity contribution < 1.29 is 20.1 Å². The second kappa shape index (κ2) is 6.79. The molecule has 0 rings (SSSR count). The molecule has 84 valence electrons. The van der Waals surface area contributed by atoms with Crippen LogP contribution in [-0.2, 0) is 4.79 Å². The molecule has 0 radical (unpaired) electrons. The van der Waals surface area contributed by atoms with Gasteiger partial charge in [-0.25, -0.2) is 0 Å². The highest BCUT2D eigenvalue weighted by Gasteiger charge is 2.25. The Morgan fingerprint density at radius 2 is 1.71 bits per heavy atom. The van der Waals surface area contributed by atoms with Crippen LogP contribution in [0, 0.1) is 0 Å². The third kappa shape index (κ3) is 8.01. The van der Waals surface area contributed by atoms with Crippen molar-refractivity contribution >= 4 is 5.97 Å². The van der Waals surface area contributed by atoms with Gasteiger partial charge in [-0.1, -0.05) is 32.6 Å². The first-order valence-corrected chi connectivity index (χ1v) is 5.14. The highest BCUT2D eigenvalue weighted by Crippen LogP contribution is 2.16. The minimum absolute atomic E-state index is 0.142. The van der Waals surface area contributed by atoms with Crippen LogP contribution in [0.15, 0.2) is 0 Å². The van der Waals surface area contributed by atoms with E-state index in [1.165, 1.54) is 0 Å². The van der Waals surface area contributed by atoms with Crippen molar-refractivity contribution in [1.82, 2.24) is 0 Å². The van der Waals surface area contributed by atoms with Crippen LogP contribution in [0.3, 0.4) is 0 Å². The van der Waals surface area contributed by atoms with Crippen molar-refractivity contribution in [1.29, 1.82) is 0 Å². The Balaban J connectivity index is 3.50. The summed E-state index contributed by atoms with van der Waals surface area (Å²) in [6.45, 7) is 2.10. The number of rotatable bonds is 8. The van der Waals surface area contributed by atoms with Gasteiger partial charge in [0.15, 0.2) is 5.79 Å². The molecule has 0 aromatic rings. The van der Waals surface area contributed by atoms with Crippen LogP contribution in [0.1, 0.15) is 51.9 Å². The van der Waals surface area contributed by atoms with Crippen molar-refractivity contribution in [3.05, 3.63) is 0 Å². The van der Waals surface area contributed by atoms with Gasteiger partial charge in [0.1, 0.15) is 0 Å². The van der Waals surface area contributed by atoms with E-state index < -0.39 is 18.2 Å². The molecular weight excluding hydrogens is 184 g/mol. The van der Waals surface area contributed by atoms with Gasteiger partial charge in [-0.15, -0.1) is 0 Å². The predicted molar refractivity (Wildman–Crippen MR) is 52.8 cm³/mol. The summed E-state index contributed by atoms with van der Waals surface area (Å²) in [6.07, 6.45) is 4.49. The lowest BCUT2D eigenvalue weighted by Gasteiger charge is -2.19. The summed E-state index contributed by atoms with van der Waals surface area (Å²) < 4.78 is 0. The molecule has 0 aromatic carbocycles. The summed E-state index contributed by atoms with van der Waals surface area (Å²) in [5, 5.41) is 26.8. The molecule has 0 unspecified atom stereocenters. The first-order chi connectivity index (χ1) is 6.48. The Morgan fingerprint density at radius 3 is 2.21 bits per heavy atom. The number of carboxylic acid groups (broad SMARTS) is 1. The number of carbonyl (C=O) groups is 1. The lowest BCUT2D eigenvalue weighted by molar-refractivity contribution is -0.184. The van der Waals surface area contributed by atoms with E-state index in [0.29, 0.717) is 6.42 Å². The third-order valence-electron chi connectivity index (χ3n) is 2.12. The zero-order valence-corrected chi connectivity index (χ0v) is 8.70. The predicted octanol–water partition coefficient (Wildman–Crippen LogP) is 1.50. The van der Waals surface area contributed by atoms with Gasteiger partial charge in [0.25, 0.3) is 0 Å². The van der Waals surface area contributed by atoms with Crippen LogP contribution in [0.5, 0.6) is 0 Å². The number of aliphatic carboxylic acids is 1. The fourth-order valence-corrected chi connectivity index (χ4v) is 1.34. The van der Waals surface area contributed by atoms with Gasteiger partial charge < -0.3 is 15.3 Å². The molecule has 0 saturated heterocycles. The summed E-state index contributed by atoms with van der Waals surface area (Å²) in [6, 6.07) is 0. The lowest BCUT2D eigenvalue weighted by Crippen LogP contribution is -2.31. The quantitative estimate of drug-likeness (QED) is 0.413. The molecule has 0 aliphatic rings. The molecule has 0 saturated carbocycles. The second-order valence-electron chi connectivity index (χ2n) is 3.72. The average molecular weight is 204 g/mol. The number of carboxylic acids is 1. The molecule has 0 bridgehead atoms. The second-order valence-corrected chi connectivity index (χ2v) is 3.72. The zero-order valence-electron chi connectivity index (χ0n) is 8.70. The summed E-state index contributed by atoms with van der Waals surface area (Å²) in [7, 11) is 0. The fourth-order valence-electron chi connectivity index (χ4n) is 1.34. The molecule has 0 aliphatic carbocycles. The smallest absolute Gasteiger partial charge is 0.308 e. The zero-order chi connectivity index (χ0) is 11.0. The maximum absolute atomic E-state index is 10.2. The van der Waals surface area contributed by atoms with Gasteiger partial charge in [-0.3, -0.25) is 4.79 Å². The van der Waals surface area contributed by atoms with Crippen LogP contribution in [0.2, 0.25) is 0 Å². The van der Waals surface area contributed by atoms with Gasteiger partial charge in [0.05, 0.1) is 6.42 Å². The molecule has 0 aliphatic heterocycles. The molecule has 0 spiro atoms. The Morgan fingerprint density at radius 1 is 1.14 bits per heavy atom. The van der Waals surface area contributed by atoms with Crippen molar-refractivity contribution in [2.24, 2.45) is 0 Å². The Hall–Kier alpha value is -0.610. The number of hydrogen-bond acceptors (Lipinski definition) is 3. The van der Waals surface area contributed by atoms with E-state index in [4.69, 9.17) is 5.11 Å². The summed E-state index contributed by atoms with van der Waals surface area (Å²) >= 11 is 0. The van der Waals surface area contributed by atoms with Crippen LogP contribution in [0.25, 0.3) is 0 Å². The van der Waals surface area contributed by atoms with E-state index in [2.05, 4.69) is 6.92 Å². The summed E-state index contributed by atoms with van der Waals surface area (Å²) in [4.78, 5) is 10.2. The first-order valence-electron chi connectivity index (χ1n) is 5.14. The minimum atomic E-state index is -2.03. The van der Waals surface area contributed by atoms with Crippen molar-refractivity contribution in [3.8, 4) is 0 Å². The van der Waals surface area contributed by atoms with Crippen LogP contribution < -0.4 is 0 Å². The van der Waals surface area contributed by atoms with Crippen molar-refractivity contribution in [3.63, 3.8) is 0 Å². The maximum atomic E-state index is 10.2. The molecule has 0 atom stereocenters. The normalized spacial score (nSPS) is 11.6. The lowest BCUT2D eigenvalue weighted by atomic mass is 10.0. The highest BCUT2D eigenvalue weighted by molar-refractivity contribution is 5.67. The number of hydrogen-bond donors (Lipinski definition) is 3. The van der Waals surface area contributed by atoms with E-state index >= 15 is 0 Å². The fraction of sp³-hybridized carbons (Fsp3) is 0.900. The molecule has 0 heterocycles. The Bertz CT molecular complexity index is 166. The molecule has 0 aromatic heterocycles. The molecule has 3 N–H and O–H groups in total. The van der Waals surface area contributed by atoms with Crippen molar-refractivity contribution in [2.75, 3.05) is 0 Å². The average Bonchev–Trinajstić information content (AvgIpc) is 2.01. The summed E-state index contributed by atoms with van der Waals surface area (Å²) in [5.41, 5.74) is 0. The van der Waals surface area contributed by atoms with Gasteiger partial charge in [-0.05, 0) is 6.42 Å². The number of unbranched alkanes of at least 4 members (excludes halogenated alkanes) is 4. The standard InChI is InChI=1S/C10H20O4/c1-2-3-4-5-6-7-10(13,14)8-9(11)12/h13-14H,2-8H2,1H3,(H,11,12). The highest BCUT2D eigenvalue weighted by atomic mass is 16.5. The van der Waals surface area contributed by atoms with Gasteiger partial charge in [0, 0.05) is 6.42 Å². The third-order valence-corrected chi connectivity index (χ3v) is 2.12. The molecule has 0 fully saturated rings. The van der Waals surface area contributed by atoms with Crippen LogP contribution >= 0.6 is 0 Å². The van der Waals surface area contributed by atoms with E-state index in [-0.39, 0.29) is 6.42 Å². The minimum Gasteiger partial charge on any atom is -0.481 e. The summed E-state index contributed by atoms with van der Waals surface area (Å²) in [5.74, 6) is -3.21. The Labute approximate surface area is 84.6 Å². The van der Waals surface area contributed by atoms with Crippen molar-refractivity contribution in [2.45, 2.75) is 57.7 Å². The SMILES string of the molecule is CCCCCCCC(O)(O)CC(=O)O. The molecule has 14 heavy (non-hydrogen) atoms. The topological polar surface area (TPSA) is 77.8 Å². The molecular formula is C10H20O4. The Kier molecular flexibility index (Phi) is 6.49. The van der Waals surface area contributed by atoms with Crippen LogP contribution in [0.4, 0.5) is 0 Å². The van der Waals surface area contributed by atoms with E-state index in [0.717, 1.165) is 25.7 Å². The molecule has 4 nitrogen and oxygen atoms in total. The monoisotopic (exact) mass is 204 g/mol. The maximum Gasteiger partial charge on any atom is 0.308 e. The number of aliphatic hydroxyl groups is 2. The van der Waals surface area contributed by atoms with Crippen LogP contribution in [-0.4, -0.2) is 27.1 Å². The van der Waals surface area contributed by atoms with E-state index in [9.17, 15) is 15.0 Å².